The van der Waals surface area contributed by atoms with E-state index < -0.39 is 102 Å². The second-order valence-corrected chi connectivity index (χ2v) is 47.7. The third-order valence-corrected chi connectivity index (χ3v) is 41.2. The van der Waals surface area contributed by atoms with Crippen LogP contribution < -0.4 is 18.9 Å². The first kappa shape index (κ1) is 83.5. The van der Waals surface area contributed by atoms with E-state index in [1.54, 1.807) is 12.1 Å². The molecule has 16 bridgehead atoms. The average Bonchev–Trinajstić information content (AvgIpc) is 0.697. The molecular formula is C94H110F4O18S4. The van der Waals surface area contributed by atoms with E-state index in [9.17, 15) is 19.2 Å². The fraction of sp³-hybridized carbons (Fsp3) is 0.574. The maximum absolute atomic E-state index is 18.7. The minimum Gasteiger partial charge on any atom is -0.457 e. The van der Waals surface area contributed by atoms with E-state index in [-0.39, 0.29) is 122 Å². The van der Waals surface area contributed by atoms with Crippen LogP contribution in [0.3, 0.4) is 0 Å². The van der Waals surface area contributed by atoms with Crippen molar-refractivity contribution in [3.63, 3.8) is 0 Å². The quantitative estimate of drug-likeness (QED) is 0.0161. The van der Waals surface area contributed by atoms with Crippen LogP contribution in [0.4, 0.5) is 17.6 Å². The van der Waals surface area contributed by atoms with Crippen LogP contribution in [0.1, 0.15) is 202 Å². The molecule has 0 saturated heterocycles. The number of carbonyl (C=O) groups is 4. The van der Waals surface area contributed by atoms with Crippen molar-refractivity contribution in [1.29, 1.82) is 0 Å². The van der Waals surface area contributed by atoms with Gasteiger partial charge in [-0.15, -0.1) is 0 Å². The molecule has 16 aliphatic rings. The van der Waals surface area contributed by atoms with Crippen molar-refractivity contribution < 1.29 is 98.7 Å². The first-order valence-corrected chi connectivity index (χ1v) is 49.2. The van der Waals surface area contributed by atoms with Crippen LogP contribution in [-0.4, -0.2) is 78.4 Å². The fourth-order valence-corrected chi connectivity index (χ4v) is 38.8. The minimum atomic E-state index is -7.45. The first-order chi connectivity index (χ1) is 57.3. The van der Waals surface area contributed by atoms with Gasteiger partial charge in [-0.05, 0) is 368 Å². The lowest BCUT2D eigenvalue weighted by atomic mass is 9.49. The molecule has 120 heavy (non-hydrogen) atoms. The predicted octanol–water partition coefficient (Wildman–Crippen LogP) is 21.8. The standard InChI is InChI=1S/C94H110F4O18S4/c1-59-77(107-55-111-85(99)51-89-39-63-27-64(40-89)29-65(28-63)41-89)19-11-23-81(59)117(75-15-7-5-8-16-75,82-24-12-20-78(60(82)2)108-56-112-86(100)52-90-42-66-30-67(43-90)32-68(31-66)44-90)115-119(103,104)93(95,96)94(97,98)120(105,106)116-118(76-17-9-6-10-18-76,83-25-13-21-79(61(83)3)109-57-113-87(101)53-91-45-69-33-70(46-91)35-71(34-69)47-91)84-26-14-22-80(62(84)4)110-58-114-88(102)54-92-48-72-36-73(49-92)38-74(37-72)50-92/h5-26,63-74H,27-58H2,1-4H3. The van der Waals surface area contributed by atoms with Gasteiger partial charge >= 0.3 is 54.6 Å². The van der Waals surface area contributed by atoms with Crippen molar-refractivity contribution in [2.75, 3.05) is 27.2 Å². The maximum Gasteiger partial charge on any atom is 0.450 e. The summed E-state index contributed by atoms with van der Waals surface area (Å²) in [5, 5.41) is -13.6. The van der Waals surface area contributed by atoms with Gasteiger partial charge in [0.1, 0.15) is 23.0 Å². The topological polar surface area (TPSA) is 229 Å². The van der Waals surface area contributed by atoms with E-state index in [1.165, 1.54) is 149 Å². The Labute approximate surface area is 704 Å². The van der Waals surface area contributed by atoms with Crippen molar-refractivity contribution in [2.45, 2.75) is 247 Å². The number of benzene rings is 6. The molecule has 26 heteroatoms. The van der Waals surface area contributed by atoms with E-state index in [0.717, 1.165) is 154 Å². The summed E-state index contributed by atoms with van der Waals surface area (Å²) in [5.74, 6) is 4.52. The highest BCUT2D eigenvalue weighted by Crippen LogP contribution is 2.77. The van der Waals surface area contributed by atoms with Gasteiger partial charge in [-0.25, -0.2) is 7.26 Å². The normalized spacial score (nSPS) is 31.8. The summed E-state index contributed by atoms with van der Waals surface area (Å²) < 4.78 is 199. The number of esters is 4. The Morgan fingerprint density at radius 3 is 0.683 bits per heavy atom. The number of hydrogen-bond acceptors (Lipinski definition) is 18. The second-order valence-electron chi connectivity index (χ2n) is 38.8. The van der Waals surface area contributed by atoms with Gasteiger partial charge in [0.25, 0.3) is 0 Å². The number of halogens is 4. The Morgan fingerprint density at radius 1 is 0.300 bits per heavy atom. The number of alkyl halides is 4. The molecule has 0 atom stereocenters. The van der Waals surface area contributed by atoms with Crippen LogP contribution in [0.2, 0.25) is 0 Å². The molecule has 6 aromatic carbocycles. The molecule has 0 heterocycles. The first-order valence-electron chi connectivity index (χ1n) is 43.3. The lowest BCUT2D eigenvalue weighted by Gasteiger charge is -2.56. The molecule has 0 amide bonds. The lowest BCUT2D eigenvalue weighted by molar-refractivity contribution is -0.159. The van der Waals surface area contributed by atoms with Crippen molar-refractivity contribution in [3.8, 4) is 23.0 Å². The Morgan fingerprint density at radius 2 is 0.492 bits per heavy atom. The molecule has 0 unspecified atom stereocenters. The van der Waals surface area contributed by atoms with Gasteiger partial charge < -0.3 is 37.9 Å². The average molecular weight is 1730 g/mol. The lowest BCUT2D eigenvalue weighted by Crippen LogP contribution is -2.53. The second kappa shape index (κ2) is 32.0. The molecule has 0 N–H and O–H groups in total. The summed E-state index contributed by atoms with van der Waals surface area (Å²) in [4.78, 5) is 54.4. The summed E-state index contributed by atoms with van der Waals surface area (Å²) in [7, 11) is -24.0. The molecule has 16 fully saturated rings. The smallest absolute Gasteiger partial charge is 0.450 e. The van der Waals surface area contributed by atoms with E-state index in [4.69, 9.17) is 45.2 Å². The molecule has 22 rings (SSSR count). The van der Waals surface area contributed by atoms with Gasteiger partial charge in [-0.1, -0.05) is 60.7 Å². The van der Waals surface area contributed by atoms with Gasteiger partial charge in [0.05, 0.1) is 25.7 Å². The number of carbonyl (C=O) groups excluding carboxylic acids is 4. The molecule has 0 aliphatic heterocycles. The van der Waals surface area contributed by atoms with Crippen molar-refractivity contribution >= 4 is 64.7 Å². The summed E-state index contributed by atoms with van der Waals surface area (Å²) >= 11 is 0. The molecule has 0 radical (unpaired) electrons. The van der Waals surface area contributed by atoms with Crippen LogP contribution in [0.15, 0.2) is 163 Å². The Kier molecular flexibility index (Phi) is 22.3. The molecule has 18 nitrogen and oxygen atoms in total. The summed E-state index contributed by atoms with van der Waals surface area (Å²) in [6, 6.07) is 31.3. The zero-order valence-electron chi connectivity index (χ0n) is 68.8. The summed E-state index contributed by atoms with van der Waals surface area (Å²) in [5.41, 5.74) is -0.681. The summed E-state index contributed by atoms with van der Waals surface area (Å²) in [6.07, 6.45) is 25.9. The van der Waals surface area contributed by atoms with Crippen LogP contribution in [0.5, 0.6) is 23.0 Å². The van der Waals surface area contributed by atoms with E-state index in [2.05, 4.69) is 0 Å². The highest BCUT2D eigenvalue weighted by Gasteiger charge is 2.77. The zero-order chi connectivity index (χ0) is 83.6. The van der Waals surface area contributed by atoms with Crippen LogP contribution in [-0.2, 0) is 65.6 Å². The Bertz CT molecular complexity index is 4470. The Hall–Kier alpha value is -7.36. The van der Waals surface area contributed by atoms with E-state index in [0.29, 0.717) is 71.0 Å². The highest BCUT2D eigenvalue weighted by molar-refractivity contribution is 8.34. The zero-order valence-corrected chi connectivity index (χ0v) is 72.0. The third kappa shape index (κ3) is 15.6. The highest BCUT2D eigenvalue weighted by atomic mass is 32.3. The predicted molar refractivity (Wildman–Crippen MR) is 440 cm³/mol. The number of rotatable bonds is 33. The minimum absolute atomic E-state index is 0.0183. The van der Waals surface area contributed by atoms with Crippen molar-refractivity contribution in [2.24, 2.45) is 92.7 Å². The Balaban J connectivity index is 0.687. The number of ether oxygens (including phenoxy) is 8. The monoisotopic (exact) mass is 1730 g/mol. The molecule has 0 aromatic heterocycles. The van der Waals surface area contributed by atoms with Crippen LogP contribution in [0, 0.1) is 120 Å². The number of hydrogen-bond donors (Lipinski definition) is 0. The van der Waals surface area contributed by atoms with Crippen LogP contribution >= 0.6 is 20.6 Å². The van der Waals surface area contributed by atoms with Gasteiger partial charge in [-0.2, -0.15) is 34.4 Å². The molecular weight excluding hydrogens is 1620 g/mol. The van der Waals surface area contributed by atoms with Gasteiger partial charge in [-0.3, -0.25) is 19.2 Å². The van der Waals surface area contributed by atoms with Crippen molar-refractivity contribution in [1.82, 2.24) is 0 Å². The molecule has 6 aromatic rings. The SMILES string of the molecule is Cc1c(OCOC(=O)CC23CC4CC(CC(C4)C2)C3)cccc1S(OS(=O)(=O)C(F)(F)C(F)(F)S(=O)(=O)OS(c1ccccc1)(c1cccc(OCOC(=O)CC23CC4CC(CC(C4)C2)C3)c1C)c1cccc(OCOC(=O)CC23CC4CC(CC(C4)C2)C3)c1C)(c1ccccc1)c1cccc(OCOC(=O)CC23CC4CC(CC(C4)C2)C3)c1C. The van der Waals surface area contributed by atoms with Crippen LogP contribution in [0.25, 0.3) is 0 Å². The van der Waals surface area contributed by atoms with Gasteiger partial charge in [0.15, 0.2) is 0 Å². The summed E-state index contributed by atoms with van der Waals surface area (Å²) in [6.45, 7) is 3.32. The molecule has 16 saturated carbocycles. The van der Waals surface area contributed by atoms with E-state index in [1.807, 2.05) is 0 Å². The molecule has 0 spiro atoms. The van der Waals surface area contributed by atoms with Crippen molar-refractivity contribution in [3.05, 3.63) is 156 Å². The fourth-order valence-electron chi connectivity index (χ4n) is 27.2. The van der Waals surface area contributed by atoms with E-state index >= 15 is 34.4 Å². The third-order valence-electron chi connectivity index (χ3n) is 30.2. The van der Waals surface area contributed by atoms with Gasteiger partial charge in [0.2, 0.25) is 27.2 Å². The molecule has 16 aliphatic carbocycles. The van der Waals surface area contributed by atoms with Gasteiger partial charge in [0, 0.05) is 51.6 Å². The largest absolute Gasteiger partial charge is 0.457 e. The molecule has 646 valence electrons. The maximum atomic E-state index is 18.7.